The summed E-state index contributed by atoms with van der Waals surface area (Å²) in [5, 5.41) is 2.72. The summed E-state index contributed by atoms with van der Waals surface area (Å²) in [5.74, 6) is 0.0488. The summed E-state index contributed by atoms with van der Waals surface area (Å²) in [5.41, 5.74) is 5.28. The molecule has 0 radical (unpaired) electrons. The fourth-order valence-corrected chi connectivity index (χ4v) is 0.711. The highest BCUT2D eigenvalue weighted by atomic mass is 35.5. The highest BCUT2D eigenvalue weighted by molar-refractivity contribution is 5.85. The van der Waals surface area contributed by atoms with Crippen LogP contribution in [0, 0.1) is 0 Å². The van der Waals surface area contributed by atoms with Crippen LogP contribution in [0.25, 0.3) is 0 Å². The molecule has 0 saturated carbocycles. The van der Waals surface area contributed by atoms with E-state index in [0.29, 0.717) is 0 Å². The van der Waals surface area contributed by atoms with E-state index >= 15 is 0 Å². The number of hydrogen-bond acceptors (Lipinski definition) is 2. The first-order valence-electron chi connectivity index (χ1n) is 3.72. The first-order chi connectivity index (χ1) is 4.77. The van der Waals surface area contributed by atoms with Gasteiger partial charge < -0.3 is 11.1 Å². The minimum Gasteiger partial charge on any atom is -0.356 e. The maximum Gasteiger partial charge on any atom is 0.216 e. The van der Waals surface area contributed by atoms with E-state index < -0.39 is 0 Å². The number of carbonyl (C=O) groups is 1. The van der Waals surface area contributed by atoms with Crippen molar-refractivity contribution in [3.8, 4) is 0 Å². The number of rotatable bonds is 5. The van der Waals surface area contributed by atoms with Crippen LogP contribution in [0.4, 0.5) is 0 Å². The number of nitrogens with two attached hydrogens (primary N) is 1. The molecule has 12 heavy (non-hydrogen) atoms. The molecule has 0 aliphatic carbocycles. The lowest BCUT2D eigenvalue weighted by molar-refractivity contribution is -0.118. The number of nitrogens with one attached hydrogen (secondary N) is 1. The molecular formula is C7H18Cl2N2O. The van der Waals surface area contributed by atoms with Crippen molar-refractivity contribution in [2.24, 2.45) is 5.73 Å². The molecule has 5 heteroatoms. The van der Waals surface area contributed by atoms with Crippen LogP contribution in [0.1, 0.15) is 26.2 Å². The molecule has 0 aromatic heterocycles. The Morgan fingerprint density at radius 3 is 2.25 bits per heavy atom. The highest BCUT2D eigenvalue weighted by Crippen LogP contribution is 1.90. The van der Waals surface area contributed by atoms with Gasteiger partial charge >= 0.3 is 0 Å². The van der Waals surface area contributed by atoms with Gasteiger partial charge in [0.15, 0.2) is 0 Å². The molecule has 0 rings (SSSR count). The largest absolute Gasteiger partial charge is 0.356 e. The van der Waals surface area contributed by atoms with Gasteiger partial charge in [0.1, 0.15) is 0 Å². The summed E-state index contributed by atoms with van der Waals surface area (Å²) in [6.07, 6.45) is 3.20. The van der Waals surface area contributed by atoms with Gasteiger partial charge in [0, 0.05) is 13.5 Å². The van der Waals surface area contributed by atoms with Crippen molar-refractivity contribution >= 4 is 30.7 Å². The van der Waals surface area contributed by atoms with Crippen molar-refractivity contribution in [3.63, 3.8) is 0 Å². The second-order valence-corrected chi connectivity index (χ2v) is 2.33. The van der Waals surface area contributed by atoms with Gasteiger partial charge in [-0.2, -0.15) is 0 Å². The molecule has 0 bridgehead atoms. The average molecular weight is 217 g/mol. The molecule has 1 amide bonds. The van der Waals surface area contributed by atoms with Crippen molar-refractivity contribution in [3.05, 3.63) is 0 Å². The van der Waals surface area contributed by atoms with E-state index in [1.54, 1.807) is 0 Å². The van der Waals surface area contributed by atoms with Gasteiger partial charge in [-0.1, -0.05) is 6.42 Å². The zero-order chi connectivity index (χ0) is 7.82. The zero-order valence-electron chi connectivity index (χ0n) is 7.34. The normalized spacial score (nSPS) is 7.83. The Balaban J connectivity index is -0.000000405. The van der Waals surface area contributed by atoms with Gasteiger partial charge in [-0.05, 0) is 19.4 Å². The Morgan fingerprint density at radius 1 is 1.25 bits per heavy atom. The first kappa shape index (κ1) is 17.9. The Bertz CT molecular complexity index is 101. The van der Waals surface area contributed by atoms with E-state index in [-0.39, 0.29) is 30.7 Å². The molecule has 0 unspecified atom stereocenters. The minimum atomic E-state index is 0. The Morgan fingerprint density at radius 2 is 1.83 bits per heavy atom. The van der Waals surface area contributed by atoms with Crippen LogP contribution in [-0.2, 0) is 4.79 Å². The highest BCUT2D eigenvalue weighted by Gasteiger charge is 1.89. The van der Waals surface area contributed by atoms with Crippen LogP contribution in [-0.4, -0.2) is 19.0 Å². The molecule has 3 nitrogen and oxygen atoms in total. The van der Waals surface area contributed by atoms with Crippen molar-refractivity contribution in [2.45, 2.75) is 26.2 Å². The first-order valence-corrected chi connectivity index (χ1v) is 3.72. The third kappa shape index (κ3) is 16.5. The summed E-state index contributed by atoms with van der Waals surface area (Å²) >= 11 is 0. The van der Waals surface area contributed by atoms with Crippen LogP contribution in [0.15, 0.2) is 0 Å². The fourth-order valence-electron chi connectivity index (χ4n) is 0.711. The van der Waals surface area contributed by atoms with Crippen molar-refractivity contribution in [1.82, 2.24) is 5.32 Å². The quantitative estimate of drug-likeness (QED) is 0.677. The minimum absolute atomic E-state index is 0. The molecular weight excluding hydrogens is 199 g/mol. The number of hydrogen-bond donors (Lipinski definition) is 2. The Kier molecular flexibility index (Phi) is 20.3. The van der Waals surface area contributed by atoms with E-state index in [0.717, 1.165) is 32.4 Å². The van der Waals surface area contributed by atoms with Gasteiger partial charge in [-0.15, -0.1) is 24.8 Å². The Hall–Kier alpha value is 0.01000. The summed E-state index contributed by atoms with van der Waals surface area (Å²) in [4.78, 5) is 10.3. The van der Waals surface area contributed by atoms with E-state index in [1.807, 2.05) is 0 Å². The lowest BCUT2D eigenvalue weighted by atomic mass is 10.2. The third-order valence-corrected chi connectivity index (χ3v) is 1.25. The molecule has 0 heterocycles. The average Bonchev–Trinajstić information content (AvgIpc) is 1.87. The number of halogens is 2. The zero-order valence-corrected chi connectivity index (χ0v) is 8.97. The maximum atomic E-state index is 10.3. The second kappa shape index (κ2) is 13.6. The predicted molar refractivity (Wildman–Crippen MR) is 56.1 cm³/mol. The van der Waals surface area contributed by atoms with Crippen LogP contribution >= 0.6 is 24.8 Å². The molecule has 0 spiro atoms. The summed E-state index contributed by atoms with van der Waals surface area (Å²) in [6.45, 7) is 3.07. The van der Waals surface area contributed by atoms with Crippen LogP contribution in [0.5, 0.6) is 0 Å². The standard InChI is InChI=1S/C7H16N2O.2ClH/c1-7(10)9-6-4-2-3-5-8;;/h2-6,8H2,1H3,(H,9,10);2*1H. The van der Waals surface area contributed by atoms with Gasteiger partial charge in [0.05, 0.1) is 0 Å². The van der Waals surface area contributed by atoms with Gasteiger partial charge in [0.25, 0.3) is 0 Å². The molecule has 0 aliphatic heterocycles. The van der Waals surface area contributed by atoms with Gasteiger partial charge in [-0.3, -0.25) is 4.79 Å². The van der Waals surface area contributed by atoms with Crippen LogP contribution in [0.3, 0.4) is 0 Å². The van der Waals surface area contributed by atoms with Gasteiger partial charge in [-0.25, -0.2) is 0 Å². The van der Waals surface area contributed by atoms with Gasteiger partial charge in [0.2, 0.25) is 5.91 Å². The molecule has 76 valence electrons. The smallest absolute Gasteiger partial charge is 0.216 e. The summed E-state index contributed by atoms with van der Waals surface area (Å²) < 4.78 is 0. The molecule has 0 aromatic rings. The van der Waals surface area contributed by atoms with E-state index in [9.17, 15) is 4.79 Å². The third-order valence-electron chi connectivity index (χ3n) is 1.25. The lowest BCUT2D eigenvalue weighted by Gasteiger charge is -1.99. The summed E-state index contributed by atoms with van der Waals surface area (Å²) in [6, 6.07) is 0. The summed E-state index contributed by atoms with van der Waals surface area (Å²) in [7, 11) is 0. The van der Waals surface area contributed by atoms with Crippen molar-refractivity contribution in [1.29, 1.82) is 0 Å². The molecule has 0 aromatic carbocycles. The van der Waals surface area contributed by atoms with E-state index in [2.05, 4.69) is 5.32 Å². The maximum absolute atomic E-state index is 10.3. The topological polar surface area (TPSA) is 55.1 Å². The van der Waals surface area contributed by atoms with Crippen LogP contribution in [0.2, 0.25) is 0 Å². The molecule has 0 fully saturated rings. The molecule has 0 aliphatic rings. The number of unbranched alkanes of at least 4 members (excludes halogenated alkanes) is 2. The van der Waals surface area contributed by atoms with Crippen molar-refractivity contribution in [2.75, 3.05) is 13.1 Å². The molecule has 3 N–H and O–H groups in total. The predicted octanol–water partition coefficient (Wildman–Crippen LogP) is 1.10. The van der Waals surface area contributed by atoms with E-state index in [1.165, 1.54) is 6.92 Å². The number of carbonyl (C=O) groups excluding carboxylic acids is 1. The fraction of sp³-hybridized carbons (Fsp3) is 0.857. The lowest BCUT2D eigenvalue weighted by Crippen LogP contribution is -2.20. The number of amides is 1. The monoisotopic (exact) mass is 216 g/mol. The molecule has 0 atom stereocenters. The Labute approximate surface area is 86.3 Å². The van der Waals surface area contributed by atoms with E-state index in [4.69, 9.17) is 5.73 Å². The SMILES string of the molecule is CC(=O)NCCCCCN.Cl.Cl. The van der Waals surface area contributed by atoms with Crippen molar-refractivity contribution < 1.29 is 4.79 Å². The van der Waals surface area contributed by atoms with Crippen LogP contribution < -0.4 is 11.1 Å². The second-order valence-electron chi connectivity index (χ2n) is 2.33. The molecule has 0 saturated heterocycles.